The molecule has 4 aliphatic rings. The maximum absolute atomic E-state index is 14.9. The number of hydrogen-bond donors (Lipinski definition) is 3. The monoisotopic (exact) mass is 698 g/mol. The average molecular weight is 699 g/mol. The van der Waals surface area contributed by atoms with Crippen LogP contribution in [-0.2, 0) is 14.8 Å². The van der Waals surface area contributed by atoms with Crippen molar-refractivity contribution in [3.8, 4) is 5.88 Å². The van der Waals surface area contributed by atoms with E-state index >= 15 is 0 Å². The quantitative estimate of drug-likeness (QED) is 0.256. The zero-order chi connectivity index (χ0) is 35.0. The third-order valence-electron chi connectivity index (χ3n) is 9.87. The number of hydrogen-bond acceptors (Lipinski definition) is 11. The number of carbonyl (C=O) groups is 1. The van der Waals surface area contributed by atoms with Crippen LogP contribution >= 0.6 is 0 Å². The lowest BCUT2D eigenvalue weighted by Crippen LogP contribution is -2.45. The lowest BCUT2D eigenvalue weighted by atomic mass is 9.76. The Morgan fingerprint density at radius 2 is 1.88 bits per heavy atom. The van der Waals surface area contributed by atoms with E-state index in [9.17, 15) is 31.5 Å². The molecule has 3 aliphatic heterocycles. The average Bonchev–Trinajstić information content (AvgIpc) is 3.42. The van der Waals surface area contributed by atoms with Gasteiger partial charge in [-0.25, -0.2) is 12.7 Å². The van der Waals surface area contributed by atoms with Crippen molar-refractivity contribution < 1.29 is 36.2 Å². The largest absolute Gasteiger partial charge is 0.480 e. The number of rotatable bonds is 9. The normalized spacial score (nSPS) is 24.5. The SMILES string of the molecule is CC(C)=NN(C)C1=CC(C2CCN(S(C)(=O)=O)CC2)=CCC1[C@@H](Oc1cc(N2CCC3(CC2)CN[C@H](C(=O)O)C3)nc(N)n1)C(F)(F)F. The number of aromatic nitrogens is 2. The molecule has 0 bridgehead atoms. The predicted molar refractivity (Wildman–Crippen MR) is 175 cm³/mol. The summed E-state index contributed by atoms with van der Waals surface area (Å²) in [4.78, 5) is 21.7. The Labute approximate surface area is 279 Å². The molecule has 0 amide bonds. The minimum absolute atomic E-state index is 0.00719. The Morgan fingerprint density at radius 1 is 1.21 bits per heavy atom. The molecule has 4 N–H and O–H groups in total. The molecule has 5 rings (SSSR count). The highest BCUT2D eigenvalue weighted by atomic mass is 32.2. The lowest BCUT2D eigenvalue weighted by molar-refractivity contribution is -0.208. The molecule has 17 heteroatoms. The molecule has 266 valence electrons. The molecule has 13 nitrogen and oxygen atoms in total. The van der Waals surface area contributed by atoms with E-state index in [1.165, 1.54) is 21.6 Å². The van der Waals surface area contributed by atoms with E-state index in [0.29, 0.717) is 82.1 Å². The van der Waals surface area contributed by atoms with Gasteiger partial charge in [0, 0.05) is 57.2 Å². The molecule has 0 saturated carbocycles. The van der Waals surface area contributed by atoms with Gasteiger partial charge in [-0.1, -0.05) is 6.08 Å². The van der Waals surface area contributed by atoms with E-state index < -0.39 is 40.2 Å². The first-order chi connectivity index (χ1) is 22.4. The van der Waals surface area contributed by atoms with Crippen molar-refractivity contribution in [2.45, 2.75) is 70.7 Å². The van der Waals surface area contributed by atoms with Crippen molar-refractivity contribution >= 4 is 33.5 Å². The molecule has 0 aromatic carbocycles. The molecule has 1 aromatic rings. The first kappa shape index (κ1) is 35.9. The Morgan fingerprint density at radius 3 is 2.44 bits per heavy atom. The molecular weight excluding hydrogens is 653 g/mol. The lowest BCUT2D eigenvalue weighted by Gasteiger charge is -2.39. The number of sulfonamides is 1. The van der Waals surface area contributed by atoms with Gasteiger partial charge in [0.1, 0.15) is 11.9 Å². The number of anilines is 2. The highest BCUT2D eigenvalue weighted by molar-refractivity contribution is 7.88. The number of nitrogen functional groups attached to an aromatic ring is 1. The number of alkyl halides is 3. The van der Waals surface area contributed by atoms with E-state index in [2.05, 4.69) is 20.4 Å². The first-order valence-electron chi connectivity index (χ1n) is 16.2. The van der Waals surface area contributed by atoms with Gasteiger partial charge in [0.2, 0.25) is 28.0 Å². The number of carboxylic acids is 1. The number of halogens is 3. The third kappa shape index (κ3) is 8.22. The van der Waals surface area contributed by atoms with Crippen molar-refractivity contribution in [3.63, 3.8) is 0 Å². The smallest absolute Gasteiger partial charge is 0.426 e. The summed E-state index contributed by atoms with van der Waals surface area (Å²) in [5.41, 5.74) is 7.67. The zero-order valence-corrected chi connectivity index (χ0v) is 28.5. The van der Waals surface area contributed by atoms with Crippen LogP contribution in [0.25, 0.3) is 0 Å². The second-order valence-electron chi connectivity index (χ2n) is 13.6. The molecule has 1 aliphatic carbocycles. The number of ether oxygens (including phenoxy) is 1. The highest BCUT2D eigenvalue weighted by Gasteiger charge is 2.50. The van der Waals surface area contributed by atoms with E-state index in [0.717, 1.165) is 5.57 Å². The first-order valence-corrected chi connectivity index (χ1v) is 18.0. The summed E-state index contributed by atoms with van der Waals surface area (Å²) >= 11 is 0. The van der Waals surface area contributed by atoms with Crippen molar-refractivity contribution in [1.82, 2.24) is 24.6 Å². The second kappa shape index (κ2) is 13.8. The van der Waals surface area contributed by atoms with Gasteiger partial charge in [-0.3, -0.25) is 9.80 Å². The van der Waals surface area contributed by atoms with Gasteiger partial charge >= 0.3 is 12.1 Å². The van der Waals surface area contributed by atoms with Gasteiger partial charge < -0.3 is 25.8 Å². The predicted octanol–water partition coefficient (Wildman–Crippen LogP) is 3.23. The van der Waals surface area contributed by atoms with Gasteiger partial charge in [0.25, 0.3) is 0 Å². The van der Waals surface area contributed by atoms with Crippen LogP contribution in [0.1, 0.15) is 52.4 Å². The van der Waals surface area contributed by atoms with Crippen molar-refractivity contribution in [2.24, 2.45) is 22.4 Å². The van der Waals surface area contributed by atoms with Crippen molar-refractivity contribution in [3.05, 3.63) is 29.5 Å². The van der Waals surface area contributed by atoms with E-state index in [4.69, 9.17) is 10.5 Å². The Kier molecular flexibility index (Phi) is 10.3. The number of nitrogens with two attached hydrogens (primary N) is 1. The number of aliphatic carboxylic acids is 1. The molecule has 1 spiro atoms. The number of nitrogens with one attached hydrogen (secondary N) is 1. The molecular formula is C31H45F3N8O5S. The molecule has 3 atom stereocenters. The van der Waals surface area contributed by atoms with Crippen LogP contribution in [0.2, 0.25) is 0 Å². The van der Waals surface area contributed by atoms with Gasteiger partial charge in [0.15, 0.2) is 0 Å². The van der Waals surface area contributed by atoms with Crippen molar-refractivity contribution in [1.29, 1.82) is 0 Å². The molecule has 0 radical (unpaired) electrons. The van der Waals surface area contributed by atoms with Crippen LogP contribution in [0.5, 0.6) is 5.88 Å². The summed E-state index contributed by atoms with van der Waals surface area (Å²) in [6.45, 7) is 5.85. The van der Waals surface area contributed by atoms with Crippen LogP contribution < -0.4 is 20.7 Å². The number of piperidine rings is 2. The summed E-state index contributed by atoms with van der Waals surface area (Å²) in [6, 6.07) is 0.787. The number of allylic oxidation sites excluding steroid dienone is 3. The number of carboxylic acid groups (broad SMARTS) is 1. The molecule has 48 heavy (non-hydrogen) atoms. The molecule has 1 unspecified atom stereocenters. The molecule has 3 saturated heterocycles. The fourth-order valence-corrected chi connectivity index (χ4v) is 8.21. The van der Waals surface area contributed by atoms with E-state index in [1.807, 2.05) is 4.90 Å². The van der Waals surface area contributed by atoms with Gasteiger partial charge in [-0.15, -0.1) is 0 Å². The Balaban J connectivity index is 1.36. The van der Waals surface area contributed by atoms with Crippen LogP contribution in [0.3, 0.4) is 0 Å². The summed E-state index contributed by atoms with van der Waals surface area (Å²) in [5.74, 6) is -2.22. The topological polar surface area (TPSA) is 167 Å². The molecule has 3 fully saturated rings. The molecule has 1 aromatic heterocycles. The van der Waals surface area contributed by atoms with E-state index in [-0.39, 0.29) is 29.6 Å². The summed E-state index contributed by atoms with van der Waals surface area (Å²) in [5, 5.41) is 18.4. The minimum atomic E-state index is -4.78. The van der Waals surface area contributed by atoms with Crippen LogP contribution in [0, 0.1) is 17.3 Å². The minimum Gasteiger partial charge on any atom is -0.480 e. The Hall–Kier alpha value is -3.44. The van der Waals surface area contributed by atoms with Crippen LogP contribution in [0.15, 0.2) is 34.6 Å². The second-order valence-corrected chi connectivity index (χ2v) is 15.6. The summed E-state index contributed by atoms with van der Waals surface area (Å²) < 4.78 is 75.8. The number of nitrogens with zero attached hydrogens (tertiary/aromatic N) is 6. The highest BCUT2D eigenvalue weighted by Crippen LogP contribution is 2.43. The van der Waals surface area contributed by atoms with Gasteiger partial charge in [-0.05, 0) is 75.4 Å². The summed E-state index contributed by atoms with van der Waals surface area (Å²) in [6.07, 6.45) is 0.683. The standard InChI is InChI=1S/C31H45F3N8O5S/c1-19(2)39-40(3)24-15-21(20-7-11-42(12-8-20)48(4,45)46)5-6-22(24)27(31(32,33)34)47-26-16-25(37-29(35)38-26)41-13-9-30(10-14-41)17-23(28(43)44)36-18-30/h5,15-16,20,22-23,27,36H,6-14,17-18H2,1-4H3,(H,43,44)(H2,35,37,38)/t22?,23-,27+/m0/s1. The zero-order valence-electron chi connectivity index (χ0n) is 27.7. The van der Waals surface area contributed by atoms with Crippen LogP contribution in [-0.4, -0.2) is 109 Å². The number of hydrazone groups is 1. The van der Waals surface area contributed by atoms with Crippen molar-refractivity contribution in [2.75, 3.05) is 56.7 Å². The van der Waals surface area contributed by atoms with Crippen LogP contribution in [0.4, 0.5) is 24.9 Å². The molecule has 4 heterocycles. The maximum Gasteiger partial charge on any atom is 0.426 e. The fourth-order valence-electron chi connectivity index (χ4n) is 7.34. The van der Waals surface area contributed by atoms with Gasteiger partial charge in [0.05, 0.1) is 12.2 Å². The maximum atomic E-state index is 14.9. The Bertz CT molecular complexity index is 1560. The fraction of sp³-hybridized carbons (Fsp3) is 0.677. The summed E-state index contributed by atoms with van der Waals surface area (Å²) in [7, 11) is -1.71. The third-order valence-corrected chi connectivity index (χ3v) is 11.2. The van der Waals surface area contributed by atoms with E-state index in [1.54, 1.807) is 33.0 Å². The van der Waals surface area contributed by atoms with Gasteiger partial charge in [-0.2, -0.15) is 28.2 Å².